The number of benzene rings is 2. The van der Waals surface area contributed by atoms with Crippen molar-refractivity contribution in [2.24, 2.45) is 0 Å². The molecule has 1 aliphatic rings. The van der Waals surface area contributed by atoms with Gasteiger partial charge in [-0.1, -0.05) is 36.4 Å². The van der Waals surface area contributed by atoms with Crippen LogP contribution in [0, 0.1) is 13.8 Å². The largest absolute Gasteiger partial charge is 0.479 e. The monoisotopic (exact) mass is 365 g/mol. The number of hydrogen-bond donors (Lipinski definition) is 1. The lowest BCUT2D eigenvalue weighted by molar-refractivity contribution is -0.144. The first kappa shape index (κ1) is 19.2. The number of carboxylic acids is 1. The average molecular weight is 365 g/mol. The molecule has 0 aliphatic carbocycles. The van der Waals surface area contributed by atoms with Gasteiger partial charge in [0.05, 0.1) is 0 Å². The van der Waals surface area contributed by atoms with E-state index in [9.17, 15) is 4.79 Å². The number of aryl methyl sites for hydroxylation is 1. The lowest BCUT2D eigenvalue weighted by Gasteiger charge is -2.27. The number of hydrogen-bond acceptors (Lipinski definition) is 3. The zero-order valence-corrected chi connectivity index (χ0v) is 16.2. The molecule has 3 rings (SSSR count). The molecular weight excluding hydrogens is 338 g/mol. The van der Waals surface area contributed by atoms with Crippen LogP contribution in [0.3, 0.4) is 0 Å². The molecule has 0 fully saturated rings. The Labute approximate surface area is 161 Å². The average Bonchev–Trinajstić information content (AvgIpc) is 2.66. The molecule has 27 heavy (non-hydrogen) atoms. The molecule has 1 aliphatic heterocycles. The summed E-state index contributed by atoms with van der Waals surface area (Å²) >= 11 is 0. The van der Waals surface area contributed by atoms with Gasteiger partial charge in [0, 0.05) is 19.6 Å². The number of aliphatic carboxylic acids is 1. The van der Waals surface area contributed by atoms with Gasteiger partial charge in [-0.15, -0.1) is 0 Å². The molecule has 0 bridgehead atoms. The fourth-order valence-electron chi connectivity index (χ4n) is 3.38. The summed E-state index contributed by atoms with van der Waals surface area (Å²) in [4.78, 5) is 13.3. The summed E-state index contributed by atoms with van der Waals surface area (Å²) < 4.78 is 5.38. The second kappa shape index (κ2) is 8.40. The van der Waals surface area contributed by atoms with Crippen molar-refractivity contribution in [1.29, 1.82) is 0 Å². The van der Waals surface area contributed by atoms with Crippen molar-refractivity contribution in [2.75, 3.05) is 13.1 Å². The standard InChI is InChI=1S/C23H27NO3/c1-16-5-4-6-22(17(16)2)20-11-13-24(14-12-20)15-19-7-9-21(10-8-19)27-18(3)23(25)26/h4-11,18H,12-15H2,1-3H3,(H,25,26). The molecule has 1 atom stereocenters. The molecule has 2 aromatic rings. The fourth-order valence-corrected chi connectivity index (χ4v) is 3.38. The third-order valence-electron chi connectivity index (χ3n) is 5.23. The minimum absolute atomic E-state index is 0.587. The Bertz CT molecular complexity index is 839. The Kier molecular flexibility index (Phi) is 5.97. The van der Waals surface area contributed by atoms with Crippen molar-refractivity contribution in [3.05, 3.63) is 70.8 Å². The van der Waals surface area contributed by atoms with Crippen LogP contribution in [-0.2, 0) is 11.3 Å². The molecule has 4 heteroatoms. The summed E-state index contributed by atoms with van der Waals surface area (Å²) in [5, 5.41) is 8.91. The van der Waals surface area contributed by atoms with Crippen LogP contribution in [0.4, 0.5) is 0 Å². The van der Waals surface area contributed by atoms with Gasteiger partial charge < -0.3 is 9.84 Å². The Balaban J connectivity index is 1.59. The van der Waals surface area contributed by atoms with Gasteiger partial charge in [0.1, 0.15) is 5.75 Å². The van der Waals surface area contributed by atoms with E-state index in [1.165, 1.54) is 34.8 Å². The van der Waals surface area contributed by atoms with Gasteiger partial charge in [-0.05, 0) is 67.2 Å². The van der Waals surface area contributed by atoms with Gasteiger partial charge in [0.25, 0.3) is 0 Å². The Hall–Kier alpha value is -2.59. The van der Waals surface area contributed by atoms with Gasteiger partial charge >= 0.3 is 5.97 Å². The lowest BCUT2D eigenvalue weighted by atomic mass is 9.93. The summed E-state index contributed by atoms with van der Waals surface area (Å²) in [6.45, 7) is 8.76. The second-order valence-corrected chi connectivity index (χ2v) is 7.20. The van der Waals surface area contributed by atoms with Gasteiger partial charge in [0.15, 0.2) is 6.10 Å². The van der Waals surface area contributed by atoms with Gasteiger partial charge in [-0.25, -0.2) is 4.79 Å². The van der Waals surface area contributed by atoms with Crippen LogP contribution >= 0.6 is 0 Å². The van der Waals surface area contributed by atoms with Crippen molar-refractivity contribution < 1.29 is 14.6 Å². The van der Waals surface area contributed by atoms with Crippen molar-refractivity contribution in [3.63, 3.8) is 0 Å². The van der Waals surface area contributed by atoms with Crippen LogP contribution in [-0.4, -0.2) is 35.2 Å². The summed E-state index contributed by atoms with van der Waals surface area (Å²) in [6, 6.07) is 14.2. The van der Waals surface area contributed by atoms with Crippen LogP contribution in [0.25, 0.3) is 5.57 Å². The Morgan fingerprint density at radius 1 is 1.19 bits per heavy atom. The number of carboxylic acid groups (broad SMARTS) is 1. The van der Waals surface area contributed by atoms with E-state index in [1.807, 2.05) is 24.3 Å². The molecule has 0 amide bonds. The molecule has 1 heterocycles. The second-order valence-electron chi connectivity index (χ2n) is 7.20. The number of rotatable bonds is 6. The highest BCUT2D eigenvalue weighted by Crippen LogP contribution is 2.27. The predicted molar refractivity (Wildman–Crippen MR) is 108 cm³/mol. The SMILES string of the molecule is Cc1cccc(C2=CCN(Cc3ccc(OC(C)C(=O)O)cc3)CC2)c1C. The molecule has 0 radical (unpaired) electrons. The number of carbonyl (C=O) groups is 1. The first-order valence-corrected chi connectivity index (χ1v) is 9.40. The number of ether oxygens (including phenoxy) is 1. The van der Waals surface area contributed by atoms with Crippen molar-refractivity contribution in [2.45, 2.75) is 39.8 Å². The molecule has 1 unspecified atom stereocenters. The smallest absolute Gasteiger partial charge is 0.344 e. The third-order valence-corrected chi connectivity index (χ3v) is 5.23. The molecular formula is C23H27NO3. The van der Waals surface area contributed by atoms with Gasteiger partial charge in [-0.3, -0.25) is 4.90 Å². The zero-order chi connectivity index (χ0) is 19.4. The van der Waals surface area contributed by atoms with E-state index in [1.54, 1.807) is 0 Å². The first-order valence-electron chi connectivity index (χ1n) is 9.40. The molecule has 142 valence electrons. The quantitative estimate of drug-likeness (QED) is 0.822. The van der Waals surface area contributed by atoms with E-state index in [4.69, 9.17) is 9.84 Å². The predicted octanol–water partition coefficient (Wildman–Crippen LogP) is 4.44. The minimum atomic E-state index is -0.959. The maximum Gasteiger partial charge on any atom is 0.344 e. The van der Waals surface area contributed by atoms with Crippen LogP contribution in [0.2, 0.25) is 0 Å². The van der Waals surface area contributed by atoms with Crippen molar-refractivity contribution in [3.8, 4) is 5.75 Å². The van der Waals surface area contributed by atoms with E-state index >= 15 is 0 Å². The molecule has 0 saturated heterocycles. The van der Waals surface area contributed by atoms with E-state index in [0.717, 1.165) is 26.1 Å². The lowest BCUT2D eigenvalue weighted by Crippen LogP contribution is -2.28. The Morgan fingerprint density at radius 3 is 2.56 bits per heavy atom. The van der Waals surface area contributed by atoms with E-state index in [2.05, 4.69) is 43.0 Å². The van der Waals surface area contributed by atoms with E-state index in [0.29, 0.717) is 5.75 Å². The van der Waals surface area contributed by atoms with Gasteiger partial charge in [0.2, 0.25) is 0 Å². The summed E-state index contributed by atoms with van der Waals surface area (Å²) in [5.41, 5.74) is 6.75. The molecule has 4 nitrogen and oxygen atoms in total. The van der Waals surface area contributed by atoms with Crippen molar-refractivity contribution >= 4 is 11.5 Å². The topological polar surface area (TPSA) is 49.8 Å². The first-order chi connectivity index (χ1) is 12.9. The highest BCUT2D eigenvalue weighted by molar-refractivity contribution is 5.72. The normalized spacial score (nSPS) is 15.9. The molecule has 0 spiro atoms. The maximum absolute atomic E-state index is 10.9. The van der Waals surface area contributed by atoms with Crippen LogP contribution in [0.1, 0.15) is 35.6 Å². The van der Waals surface area contributed by atoms with Crippen LogP contribution < -0.4 is 4.74 Å². The zero-order valence-electron chi connectivity index (χ0n) is 16.2. The van der Waals surface area contributed by atoms with Crippen molar-refractivity contribution in [1.82, 2.24) is 4.90 Å². The summed E-state index contributed by atoms with van der Waals surface area (Å²) in [7, 11) is 0. The maximum atomic E-state index is 10.9. The fraction of sp³-hybridized carbons (Fsp3) is 0.348. The molecule has 1 N–H and O–H groups in total. The van der Waals surface area contributed by atoms with E-state index in [-0.39, 0.29) is 0 Å². The van der Waals surface area contributed by atoms with E-state index < -0.39 is 12.1 Å². The minimum Gasteiger partial charge on any atom is -0.479 e. The van der Waals surface area contributed by atoms with Crippen LogP contribution in [0.5, 0.6) is 5.75 Å². The summed E-state index contributed by atoms with van der Waals surface area (Å²) in [6.07, 6.45) is 2.56. The Morgan fingerprint density at radius 2 is 1.93 bits per heavy atom. The van der Waals surface area contributed by atoms with Gasteiger partial charge in [-0.2, -0.15) is 0 Å². The highest BCUT2D eigenvalue weighted by atomic mass is 16.5. The molecule has 0 aromatic heterocycles. The van der Waals surface area contributed by atoms with Crippen LogP contribution in [0.15, 0.2) is 48.5 Å². The molecule has 0 saturated carbocycles. The third kappa shape index (κ3) is 4.77. The molecule has 2 aromatic carbocycles. The summed E-state index contributed by atoms with van der Waals surface area (Å²) in [5.74, 6) is -0.372. The number of nitrogens with zero attached hydrogens (tertiary/aromatic N) is 1. The highest BCUT2D eigenvalue weighted by Gasteiger charge is 2.16.